The molecule has 10 heteroatoms. The Morgan fingerprint density at radius 1 is 1.24 bits per heavy atom. The van der Waals surface area contributed by atoms with Gasteiger partial charge >= 0.3 is 0 Å². The smallest absolute Gasteiger partial charge is 0.278 e. The zero-order chi connectivity index (χ0) is 15.4. The van der Waals surface area contributed by atoms with Gasteiger partial charge in [-0.1, -0.05) is 0 Å². The van der Waals surface area contributed by atoms with E-state index >= 15 is 0 Å². The zero-order valence-electron chi connectivity index (χ0n) is 10.6. The number of nitrogen functional groups attached to an aromatic ring is 1. The average Bonchev–Trinajstić information content (AvgIpc) is 2.90. The van der Waals surface area contributed by atoms with Gasteiger partial charge in [-0.05, 0) is 0 Å². The Balaban J connectivity index is 2.16. The van der Waals surface area contributed by atoms with Crippen molar-refractivity contribution in [2.75, 3.05) is 12.3 Å². The monoisotopic (exact) mass is 301 g/mol. The SMILES string of the molecule is Nc1ncnc2c1ncn2[C@H]1C(O)C(O)[C@@H](CO)C1(F)F. The molecular weight excluding hydrogens is 288 g/mol. The average molecular weight is 301 g/mol. The molecule has 0 spiro atoms. The molecule has 114 valence electrons. The van der Waals surface area contributed by atoms with E-state index in [0.29, 0.717) is 0 Å². The molecule has 0 saturated heterocycles. The summed E-state index contributed by atoms with van der Waals surface area (Å²) in [7, 11) is 0. The number of anilines is 1. The van der Waals surface area contributed by atoms with Crippen molar-refractivity contribution in [1.29, 1.82) is 0 Å². The van der Waals surface area contributed by atoms with E-state index in [2.05, 4.69) is 15.0 Å². The predicted octanol–water partition coefficient (Wildman–Crippen LogP) is -1.07. The van der Waals surface area contributed by atoms with Crippen LogP contribution in [-0.2, 0) is 0 Å². The van der Waals surface area contributed by atoms with Crippen molar-refractivity contribution >= 4 is 17.0 Å². The summed E-state index contributed by atoms with van der Waals surface area (Å²) in [6.07, 6.45) is -1.38. The van der Waals surface area contributed by atoms with Gasteiger partial charge in [0.15, 0.2) is 11.5 Å². The summed E-state index contributed by atoms with van der Waals surface area (Å²) >= 11 is 0. The Morgan fingerprint density at radius 3 is 2.57 bits per heavy atom. The number of hydrogen-bond donors (Lipinski definition) is 4. The molecule has 3 rings (SSSR count). The molecule has 1 aliphatic rings. The van der Waals surface area contributed by atoms with Crippen LogP contribution in [0.1, 0.15) is 6.04 Å². The number of imidazole rings is 1. The Labute approximate surface area is 116 Å². The minimum absolute atomic E-state index is 0.0220. The van der Waals surface area contributed by atoms with Crippen molar-refractivity contribution < 1.29 is 24.1 Å². The number of rotatable bonds is 2. The summed E-state index contributed by atoms with van der Waals surface area (Å²) in [5.74, 6) is -5.29. The van der Waals surface area contributed by atoms with E-state index in [4.69, 9.17) is 10.8 Å². The first-order valence-corrected chi connectivity index (χ1v) is 6.17. The third-order valence-electron chi connectivity index (χ3n) is 3.86. The summed E-state index contributed by atoms with van der Waals surface area (Å²) in [6, 6.07) is -1.80. The zero-order valence-corrected chi connectivity index (χ0v) is 10.6. The maximum absolute atomic E-state index is 14.4. The highest BCUT2D eigenvalue weighted by molar-refractivity contribution is 5.81. The highest BCUT2D eigenvalue weighted by Crippen LogP contribution is 2.48. The van der Waals surface area contributed by atoms with Gasteiger partial charge in [0.05, 0.1) is 25.0 Å². The number of halogens is 2. The molecule has 2 aromatic rings. The van der Waals surface area contributed by atoms with Crippen molar-refractivity contribution in [3.63, 3.8) is 0 Å². The molecule has 0 radical (unpaired) electrons. The van der Waals surface area contributed by atoms with E-state index < -0.39 is 36.7 Å². The molecule has 5 N–H and O–H groups in total. The second-order valence-electron chi connectivity index (χ2n) is 4.97. The van der Waals surface area contributed by atoms with Crippen LogP contribution in [0.15, 0.2) is 12.7 Å². The minimum atomic E-state index is -3.54. The second kappa shape index (κ2) is 4.55. The van der Waals surface area contributed by atoms with Crippen LogP contribution in [0.25, 0.3) is 11.2 Å². The summed E-state index contributed by atoms with van der Waals surface area (Å²) in [5.41, 5.74) is 5.74. The highest BCUT2D eigenvalue weighted by Gasteiger charge is 2.63. The number of aliphatic hydroxyl groups excluding tert-OH is 3. The molecule has 1 aliphatic carbocycles. The maximum atomic E-state index is 14.4. The standard InChI is InChI=1S/C11H13F2N5O3/c12-11(13)4(1-19)6(20)7(21)8(11)18-3-17-5-9(14)15-2-16-10(5)18/h2-4,6-8,19-21H,1H2,(H2,14,15,16)/t4-,6?,7?,8+/m1/s1. The van der Waals surface area contributed by atoms with E-state index in [1.54, 1.807) is 0 Å². The number of aliphatic hydroxyl groups is 3. The predicted molar refractivity (Wildman–Crippen MR) is 66.3 cm³/mol. The summed E-state index contributed by atoms with van der Waals surface area (Å²) < 4.78 is 29.7. The van der Waals surface area contributed by atoms with Crippen LogP contribution in [-0.4, -0.2) is 59.6 Å². The van der Waals surface area contributed by atoms with Gasteiger partial charge in [-0.25, -0.2) is 23.7 Å². The molecule has 2 heterocycles. The fourth-order valence-electron chi connectivity index (χ4n) is 2.75. The van der Waals surface area contributed by atoms with Crippen molar-refractivity contribution in [1.82, 2.24) is 19.5 Å². The summed E-state index contributed by atoms with van der Waals surface area (Å²) in [6.45, 7) is -0.953. The third-order valence-corrected chi connectivity index (χ3v) is 3.86. The number of nitrogens with two attached hydrogens (primary N) is 1. The molecule has 1 saturated carbocycles. The Bertz CT molecular complexity index is 679. The fraction of sp³-hybridized carbons (Fsp3) is 0.545. The second-order valence-corrected chi connectivity index (χ2v) is 4.97. The van der Waals surface area contributed by atoms with E-state index in [0.717, 1.165) is 17.2 Å². The van der Waals surface area contributed by atoms with Crippen LogP contribution in [0, 0.1) is 5.92 Å². The van der Waals surface area contributed by atoms with Gasteiger partial charge in [-0.2, -0.15) is 0 Å². The van der Waals surface area contributed by atoms with Gasteiger partial charge in [0.25, 0.3) is 5.92 Å². The van der Waals surface area contributed by atoms with Crippen molar-refractivity contribution in [3.05, 3.63) is 12.7 Å². The number of alkyl halides is 2. The Morgan fingerprint density at radius 2 is 1.95 bits per heavy atom. The molecule has 1 fully saturated rings. The van der Waals surface area contributed by atoms with Crippen LogP contribution < -0.4 is 5.73 Å². The lowest BCUT2D eigenvalue weighted by Gasteiger charge is -2.25. The molecule has 21 heavy (non-hydrogen) atoms. The van der Waals surface area contributed by atoms with E-state index in [-0.39, 0.29) is 17.0 Å². The number of hydrogen-bond acceptors (Lipinski definition) is 7. The van der Waals surface area contributed by atoms with Crippen LogP contribution in [0.3, 0.4) is 0 Å². The Hall–Kier alpha value is -1.91. The van der Waals surface area contributed by atoms with Crippen molar-refractivity contribution in [2.45, 2.75) is 24.2 Å². The molecule has 0 amide bonds. The molecule has 4 atom stereocenters. The normalized spacial score (nSPS) is 31.9. The maximum Gasteiger partial charge on any atom is 0.278 e. The van der Waals surface area contributed by atoms with Gasteiger partial charge in [0.1, 0.15) is 24.0 Å². The van der Waals surface area contributed by atoms with E-state index in [1.165, 1.54) is 0 Å². The van der Waals surface area contributed by atoms with Gasteiger partial charge in [-0.15, -0.1) is 0 Å². The topological polar surface area (TPSA) is 130 Å². The lowest BCUT2D eigenvalue weighted by Crippen LogP contribution is -2.36. The van der Waals surface area contributed by atoms with Crippen LogP contribution in [0.4, 0.5) is 14.6 Å². The van der Waals surface area contributed by atoms with Gasteiger partial charge in [0, 0.05) is 0 Å². The van der Waals surface area contributed by atoms with Crippen LogP contribution in [0.2, 0.25) is 0 Å². The molecule has 2 aromatic heterocycles. The van der Waals surface area contributed by atoms with Crippen LogP contribution >= 0.6 is 0 Å². The van der Waals surface area contributed by atoms with Crippen molar-refractivity contribution in [3.8, 4) is 0 Å². The number of nitrogens with zero attached hydrogens (tertiary/aromatic N) is 4. The molecular formula is C11H13F2N5O3. The highest BCUT2D eigenvalue weighted by atomic mass is 19.3. The fourth-order valence-corrected chi connectivity index (χ4v) is 2.75. The molecule has 8 nitrogen and oxygen atoms in total. The molecule has 0 aliphatic heterocycles. The van der Waals surface area contributed by atoms with E-state index in [9.17, 15) is 19.0 Å². The first kappa shape index (κ1) is 14.0. The van der Waals surface area contributed by atoms with Gasteiger partial charge < -0.3 is 25.6 Å². The first-order valence-electron chi connectivity index (χ1n) is 6.17. The van der Waals surface area contributed by atoms with Gasteiger partial charge in [0.2, 0.25) is 0 Å². The number of aromatic nitrogens is 4. The summed E-state index contributed by atoms with van der Waals surface area (Å²) in [4.78, 5) is 11.4. The Kier molecular flexibility index (Phi) is 3.04. The van der Waals surface area contributed by atoms with Gasteiger partial charge in [-0.3, -0.25) is 0 Å². The molecule has 0 bridgehead atoms. The largest absolute Gasteiger partial charge is 0.396 e. The number of fused-ring (bicyclic) bond motifs is 1. The van der Waals surface area contributed by atoms with E-state index in [1.807, 2.05) is 0 Å². The molecule has 2 unspecified atom stereocenters. The third kappa shape index (κ3) is 1.79. The molecule has 0 aromatic carbocycles. The lowest BCUT2D eigenvalue weighted by atomic mass is 10.0. The summed E-state index contributed by atoms with van der Waals surface area (Å²) in [5, 5.41) is 28.7. The quantitative estimate of drug-likeness (QED) is 0.555. The lowest BCUT2D eigenvalue weighted by molar-refractivity contribution is -0.101. The van der Waals surface area contributed by atoms with Crippen molar-refractivity contribution in [2.24, 2.45) is 5.92 Å². The van der Waals surface area contributed by atoms with Crippen LogP contribution in [0.5, 0.6) is 0 Å². The minimum Gasteiger partial charge on any atom is -0.396 e. The first-order chi connectivity index (χ1) is 9.89.